The fourth-order valence-corrected chi connectivity index (χ4v) is 3.16. The summed E-state index contributed by atoms with van der Waals surface area (Å²) in [6, 6.07) is 6.32. The molecule has 0 bridgehead atoms. The number of benzene rings is 1. The maximum atomic E-state index is 14.1. The van der Waals surface area contributed by atoms with E-state index in [0.717, 1.165) is 32.1 Å². The van der Waals surface area contributed by atoms with E-state index in [1.165, 1.54) is 13.2 Å². The molecular formula is C16H19FO4. The molecule has 0 amide bonds. The van der Waals surface area contributed by atoms with Gasteiger partial charge in [0.2, 0.25) is 0 Å². The van der Waals surface area contributed by atoms with Crippen molar-refractivity contribution in [3.05, 3.63) is 35.6 Å². The van der Waals surface area contributed by atoms with Crippen molar-refractivity contribution in [3.8, 4) is 0 Å². The van der Waals surface area contributed by atoms with Crippen molar-refractivity contribution >= 4 is 5.97 Å². The Hall–Kier alpha value is -1.46. The molecule has 1 saturated carbocycles. The average molecular weight is 294 g/mol. The standard InChI is InChI=1S/C16H19FO4/c1-19-15(18)14-13(11-7-3-4-8-12(11)17)20-16(21-14)9-5-2-6-10-16/h3-4,7-8,13-14H,2,5-6,9-10H2,1H3/t13-,14?/m1/s1. The first-order chi connectivity index (χ1) is 10.2. The van der Waals surface area contributed by atoms with Crippen molar-refractivity contribution in [1.29, 1.82) is 0 Å². The monoisotopic (exact) mass is 294 g/mol. The third kappa shape index (κ3) is 2.68. The summed E-state index contributed by atoms with van der Waals surface area (Å²) < 4.78 is 30.8. The molecule has 1 heterocycles. The van der Waals surface area contributed by atoms with Crippen LogP contribution in [0.15, 0.2) is 24.3 Å². The van der Waals surface area contributed by atoms with E-state index in [1.807, 2.05) is 0 Å². The van der Waals surface area contributed by atoms with Gasteiger partial charge < -0.3 is 14.2 Å². The Labute approximate surface area is 123 Å². The number of hydrogen-bond donors (Lipinski definition) is 0. The molecule has 5 heteroatoms. The fourth-order valence-electron chi connectivity index (χ4n) is 3.16. The van der Waals surface area contributed by atoms with Gasteiger partial charge in [-0.15, -0.1) is 0 Å². The van der Waals surface area contributed by atoms with E-state index in [4.69, 9.17) is 14.2 Å². The van der Waals surface area contributed by atoms with Crippen molar-refractivity contribution in [2.45, 2.75) is 50.1 Å². The van der Waals surface area contributed by atoms with Crippen LogP contribution in [0, 0.1) is 5.82 Å². The SMILES string of the molecule is COC(=O)C1OC2(CCCCC2)O[C@@H]1c1ccccc1F. The van der Waals surface area contributed by atoms with Gasteiger partial charge in [0.25, 0.3) is 0 Å². The zero-order chi connectivity index (χ0) is 14.9. The topological polar surface area (TPSA) is 44.8 Å². The number of ether oxygens (including phenoxy) is 3. The largest absolute Gasteiger partial charge is 0.467 e. The van der Waals surface area contributed by atoms with Crippen LogP contribution in [0.1, 0.15) is 43.8 Å². The molecule has 21 heavy (non-hydrogen) atoms. The lowest BCUT2D eigenvalue weighted by Gasteiger charge is -2.31. The third-order valence-corrected chi connectivity index (χ3v) is 4.22. The van der Waals surface area contributed by atoms with Gasteiger partial charge >= 0.3 is 5.97 Å². The minimum Gasteiger partial charge on any atom is -0.467 e. The second-order valence-corrected chi connectivity index (χ2v) is 5.59. The van der Waals surface area contributed by atoms with Gasteiger partial charge in [0.15, 0.2) is 11.9 Å². The molecule has 2 fully saturated rings. The quantitative estimate of drug-likeness (QED) is 0.786. The Bertz CT molecular complexity index is 525. The minimum atomic E-state index is -0.912. The summed E-state index contributed by atoms with van der Waals surface area (Å²) in [4.78, 5) is 12.0. The van der Waals surface area contributed by atoms with Crippen LogP contribution in [0.4, 0.5) is 4.39 Å². The number of hydrogen-bond acceptors (Lipinski definition) is 4. The second-order valence-electron chi connectivity index (χ2n) is 5.59. The maximum absolute atomic E-state index is 14.1. The highest BCUT2D eigenvalue weighted by atomic mass is 19.1. The van der Waals surface area contributed by atoms with Crippen LogP contribution in [0.5, 0.6) is 0 Å². The van der Waals surface area contributed by atoms with Gasteiger partial charge in [0.05, 0.1) is 7.11 Å². The molecule has 3 rings (SSSR count). The lowest BCUT2D eigenvalue weighted by molar-refractivity contribution is -0.199. The van der Waals surface area contributed by atoms with Gasteiger partial charge in [-0.25, -0.2) is 9.18 Å². The predicted octanol–water partition coefficient (Wildman–Crippen LogP) is 3.12. The Kier molecular flexibility index (Phi) is 3.95. The second kappa shape index (κ2) is 5.73. The Balaban J connectivity index is 1.92. The number of methoxy groups -OCH3 is 1. The van der Waals surface area contributed by atoms with Crippen LogP contribution >= 0.6 is 0 Å². The molecule has 2 aliphatic rings. The summed E-state index contributed by atoms with van der Waals surface area (Å²) >= 11 is 0. The highest BCUT2D eigenvalue weighted by molar-refractivity contribution is 5.76. The van der Waals surface area contributed by atoms with Crippen LogP contribution in [0.2, 0.25) is 0 Å². The molecule has 1 aliphatic carbocycles. The summed E-state index contributed by atoms with van der Waals surface area (Å²) in [7, 11) is 1.30. The van der Waals surface area contributed by atoms with Gasteiger partial charge in [-0.2, -0.15) is 0 Å². The van der Waals surface area contributed by atoms with Crippen molar-refractivity contribution in [2.75, 3.05) is 7.11 Å². The average Bonchev–Trinajstić information content (AvgIpc) is 2.86. The van der Waals surface area contributed by atoms with Crippen LogP contribution < -0.4 is 0 Å². The van der Waals surface area contributed by atoms with Gasteiger partial charge in [-0.3, -0.25) is 0 Å². The lowest BCUT2D eigenvalue weighted by Crippen LogP contribution is -2.35. The zero-order valence-corrected chi connectivity index (χ0v) is 12.0. The Morgan fingerprint density at radius 2 is 1.95 bits per heavy atom. The summed E-state index contributed by atoms with van der Waals surface area (Å²) in [6.45, 7) is 0. The van der Waals surface area contributed by atoms with Crippen LogP contribution in [-0.2, 0) is 19.0 Å². The highest BCUT2D eigenvalue weighted by Gasteiger charge is 2.52. The first-order valence-electron chi connectivity index (χ1n) is 7.33. The number of halogens is 1. The van der Waals surface area contributed by atoms with Crippen molar-refractivity contribution < 1.29 is 23.4 Å². The molecule has 0 radical (unpaired) electrons. The van der Waals surface area contributed by atoms with E-state index < -0.39 is 29.8 Å². The Morgan fingerprint density at radius 3 is 2.62 bits per heavy atom. The van der Waals surface area contributed by atoms with E-state index in [9.17, 15) is 9.18 Å². The highest BCUT2D eigenvalue weighted by Crippen LogP contribution is 2.46. The fraction of sp³-hybridized carbons (Fsp3) is 0.562. The molecule has 1 aromatic carbocycles. The third-order valence-electron chi connectivity index (χ3n) is 4.22. The Morgan fingerprint density at radius 1 is 1.24 bits per heavy atom. The molecule has 4 nitrogen and oxygen atoms in total. The number of rotatable bonds is 2. The first-order valence-corrected chi connectivity index (χ1v) is 7.33. The molecule has 2 atom stereocenters. The predicted molar refractivity (Wildman–Crippen MR) is 72.9 cm³/mol. The summed E-state index contributed by atoms with van der Waals surface area (Å²) in [5.41, 5.74) is 0.343. The van der Waals surface area contributed by atoms with E-state index in [2.05, 4.69) is 0 Å². The molecule has 1 spiro atoms. The minimum absolute atomic E-state index is 0.343. The molecule has 0 N–H and O–H groups in total. The molecular weight excluding hydrogens is 275 g/mol. The number of esters is 1. The normalized spacial score (nSPS) is 27.7. The van der Waals surface area contributed by atoms with Gasteiger partial charge in [-0.05, 0) is 18.9 Å². The molecule has 1 aliphatic heterocycles. The van der Waals surface area contributed by atoms with E-state index >= 15 is 0 Å². The lowest BCUT2D eigenvalue weighted by atomic mass is 9.94. The first kappa shape index (κ1) is 14.5. The van der Waals surface area contributed by atoms with Gasteiger partial charge in [0, 0.05) is 18.4 Å². The van der Waals surface area contributed by atoms with Crippen LogP contribution in [0.3, 0.4) is 0 Å². The smallest absolute Gasteiger partial charge is 0.338 e. The van der Waals surface area contributed by atoms with Crippen molar-refractivity contribution in [2.24, 2.45) is 0 Å². The summed E-state index contributed by atoms with van der Waals surface area (Å²) in [5.74, 6) is -1.69. The van der Waals surface area contributed by atoms with Crippen molar-refractivity contribution in [3.63, 3.8) is 0 Å². The van der Waals surface area contributed by atoms with Crippen molar-refractivity contribution in [1.82, 2.24) is 0 Å². The summed E-state index contributed by atoms with van der Waals surface area (Å²) in [5, 5.41) is 0. The number of carbonyl (C=O) groups is 1. The number of carbonyl (C=O) groups excluding carboxylic acids is 1. The van der Waals surface area contributed by atoms with Gasteiger partial charge in [-0.1, -0.05) is 24.6 Å². The molecule has 1 aromatic rings. The summed E-state index contributed by atoms with van der Waals surface area (Å²) in [6.07, 6.45) is 2.88. The van der Waals surface area contributed by atoms with E-state index in [0.29, 0.717) is 5.56 Å². The van der Waals surface area contributed by atoms with E-state index in [-0.39, 0.29) is 0 Å². The molecule has 1 saturated heterocycles. The molecule has 114 valence electrons. The van der Waals surface area contributed by atoms with Gasteiger partial charge in [0.1, 0.15) is 11.9 Å². The maximum Gasteiger partial charge on any atom is 0.338 e. The zero-order valence-electron chi connectivity index (χ0n) is 12.0. The molecule has 1 unspecified atom stereocenters. The van der Waals surface area contributed by atoms with Crippen LogP contribution in [-0.4, -0.2) is 25.0 Å². The molecule has 0 aromatic heterocycles. The van der Waals surface area contributed by atoms with E-state index in [1.54, 1.807) is 18.2 Å². The van der Waals surface area contributed by atoms with Crippen LogP contribution in [0.25, 0.3) is 0 Å².